The van der Waals surface area contributed by atoms with Gasteiger partial charge in [-0.3, -0.25) is 0 Å². The molecule has 3 heteroatoms. The van der Waals surface area contributed by atoms with E-state index >= 15 is 0 Å². The molecule has 0 aliphatic carbocycles. The molecule has 0 aromatic heterocycles. The Hall–Kier alpha value is -1.48. The van der Waals surface area contributed by atoms with Crippen LogP contribution in [0.15, 0.2) is 24.8 Å². The summed E-state index contributed by atoms with van der Waals surface area (Å²) in [6.45, 7) is 4.03. The average molecular weight is 177 g/mol. The van der Waals surface area contributed by atoms with Crippen LogP contribution in [-0.4, -0.2) is 0 Å². The summed E-state index contributed by atoms with van der Waals surface area (Å²) in [5.74, 6) is 0. The van der Waals surface area contributed by atoms with Crippen molar-refractivity contribution in [2.75, 3.05) is 11.5 Å². The minimum atomic E-state index is 0.381. The van der Waals surface area contributed by atoms with Crippen LogP contribution in [0.25, 0.3) is 0 Å². The van der Waals surface area contributed by atoms with E-state index < -0.39 is 0 Å². The van der Waals surface area contributed by atoms with Gasteiger partial charge in [0.1, 0.15) is 0 Å². The molecule has 13 heavy (non-hydrogen) atoms. The first-order chi connectivity index (χ1) is 6.19. The summed E-state index contributed by atoms with van der Waals surface area (Å²) in [4.78, 5) is 0. The summed E-state index contributed by atoms with van der Waals surface area (Å²) < 4.78 is 0. The zero-order chi connectivity index (χ0) is 9.84. The van der Waals surface area contributed by atoms with Gasteiger partial charge in [-0.05, 0) is 24.1 Å². The summed E-state index contributed by atoms with van der Waals surface area (Å²) in [5, 5.41) is 0. The molecule has 1 aromatic carbocycles. The van der Waals surface area contributed by atoms with E-state index in [-0.39, 0.29) is 0 Å². The van der Waals surface area contributed by atoms with E-state index in [0.717, 1.165) is 17.5 Å². The fourth-order valence-corrected chi connectivity index (χ4v) is 1.30. The van der Waals surface area contributed by atoms with Crippen molar-refractivity contribution in [1.29, 1.82) is 0 Å². The summed E-state index contributed by atoms with van der Waals surface area (Å²) in [6, 6.07) is 3.78. The molecule has 6 N–H and O–H groups in total. The van der Waals surface area contributed by atoms with Crippen molar-refractivity contribution in [3.8, 4) is 0 Å². The molecule has 3 nitrogen and oxygen atoms in total. The molecule has 0 atom stereocenters. The van der Waals surface area contributed by atoms with Gasteiger partial charge in [-0.2, -0.15) is 0 Å². The molecule has 0 saturated heterocycles. The van der Waals surface area contributed by atoms with Crippen molar-refractivity contribution in [1.82, 2.24) is 0 Å². The van der Waals surface area contributed by atoms with Gasteiger partial charge in [-0.15, -0.1) is 6.58 Å². The number of hydrogen-bond acceptors (Lipinski definition) is 3. The molecule has 0 saturated carbocycles. The third-order valence-electron chi connectivity index (χ3n) is 1.96. The van der Waals surface area contributed by atoms with Gasteiger partial charge in [0.2, 0.25) is 0 Å². The highest BCUT2D eigenvalue weighted by molar-refractivity contribution is 5.63. The minimum Gasteiger partial charge on any atom is -0.398 e. The zero-order valence-corrected chi connectivity index (χ0v) is 7.59. The lowest BCUT2D eigenvalue weighted by Crippen LogP contribution is -2.06. The van der Waals surface area contributed by atoms with Crippen molar-refractivity contribution in [2.45, 2.75) is 13.0 Å². The number of nitrogen functional groups attached to an aromatic ring is 2. The molecule has 0 aliphatic heterocycles. The molecule has 0 aliphatic rings. The third kappa shape index (κ3) is 2.00. The van der Waals surface area contributed by atoms with Gasteiger partial charge in [0.05, 0.1) is 0 Å². The second-order valence-corrected chi connectivity index (χ2v) is 2.95. The van der Waals surface area contributed by atoms with Crippen molar-refractivity contribution in [3.63, 3.8) is 0 Å². The van der Waals surface area contributed by atoms with Crippen molar-refractivity contribution in [3.05, 3.63) is 35.9 Å². The van der Waals surface area contributed by atoms with Crippen LogP contribution in [0, 0.1) is 0 Å². The molecule has 0 amide bonds. The van der Waals surface area contributed by atoms with E-state index in [1.165, 1.54) is 0 Å². The monoisotopic (exact) mass is 177 g/mol. The van der Waals surface area contributed by atoms with Gasteiger partial charge in [-0.1, -0.05) is 6.08 Å². The highest BCUT2D eigenvalue weighted by Gasteiger charge is 2.03. The standard InChI is InChI=1S/C10H15N3/c1-2-3-7-4-9(12)8(6-11)10(13)5-7/h2,4-5H,1,3,6,11-13H2. The fourth-order valence-electron chi connectivity index (χ4n) is 1.30. The largest absolute Gasteiger partial charge is 0.398 e. The minimum absolute atomic E-state index is 0.381. The van der Waals surface area contributed by atoms with Crippen LogP contribution in [0.1, 0.15) is 11.1 Å². The van der Waals surface area contributed by atoms with Gasteiger partial charge in [-0.25, -0.2) is 0 Å². The van der Waals surface area contributed by atoms with Crippen LogP contribution in [0.5, 0.6) is 0 Å². The second-order valence-electron chi connectivity index (χ2n) is 2.95. The Morgan fingerprint density at radius 1 is 1.23 bits per heavy atom. The Morgan fingerprint density at radius 2 is 1.77 bits per heavy atom. The van der Waals surface area contributed by atoms with Crippen LogP contribution in [0.3, 0.4) is 0 Å². The molecule has 70 valence electrons. The Balaban J connectivity index is 3.12. The molecule has 0 unspecified atom stereocenters. The zero-order valence-electron chi connectivity index (χ0n) is 7.59. The average Bonchev–Trinajstić information content (AvgIpc) is 2.04. The molecule has 1 rings (SSSR count). The Morgan fingerprint density at radius 3 is 2.15 bits per heavy atom. The maximum Gasteiger partial charge on any atom is 0.0383 e. The van der Waals surface area contributed by atoms with Gasteiger partial charge < -0.3 is 17.2 Å². The summed E-state index contributed by atoms with van der Waals surface area (Å²) in [7, 11) is 0. The Bertz CT molecular complexity index is 295. The molecule has 0 fully saturated rings. The maximum absolute atomic E-state index is 5.77. The molecular weight excluding hydrogens is 162 g/mol. The van der Waals surface area contributed by atoms with Crippen LogP contribution >= 0.6 is 0 Å². The predicted molar refractivity (Wildman–Crippen MR) is 57.1 cm³/mol. The molecule has 1 aromatic rings. The molecular formula is C10H15N3. The van der Waals surface area contributed by atoms with E-state index in [9.17, 15) is 0 Å². The quantitative estimate of drug-likeness (QED) is 0.477. The highest BCUT2D eigenvalue weighted by Crippen LogP contribution is 2.21. The summed E-state index contributed by atoms with van der Waals surface area (Å²) in [5.41, 5.74) is 20.3. The lowest BCUT2D eigenvalue weighted by atomic mass is 10.0. The highest BCUT2D eigenvalue weighted by atomic mass is 14.7. The fraction of sp³-hybridized carbons (Fsp3) is 0.200. The maximum atomic E-state index is 5.77. The normalized spacial score (nSPS) is 9.92. The van der Waals surface area contributed by atoms with Crippen molar-refractivity contribution < 1.29 is 0 Å². The van der Waals surface area contributed by atoms with Gasteiger partial charge in [0.25, 0.3) is 0 Å². The smallest absolute Gasteiger partial charge is 0.0383 e. The number of hydrogen-bond donors (Lipinski definition) is 3. The second kappa shape index (κ2) is 3.96. The molecule has 0 radical (unpaired) electrons. The van der Waals surface area contributed by atoms with Crippen molar-refractivity contribution in [2.24, 2.45) is 5.73 Å². The van der Waals surface area contributed by atoms with Crippen LogP contribution in [0.4, 0.5) is 11.4 Å². The third-order valence-corrected chi connectivity index (χ3v) is 1.96. The predicted octanol–water partition coefficient (Wildman–Crippen LogP) is 1.04. The van der Waals surface area contributed by atoms with Crippen molar-refractivity contribution >= 4 is 11.4 Å². The summed E-state index contributed by atoms with van der Waals surface area (Å²) in [6.07, 6.45) is 2.59. The van der Waals surface area contributed by atoms with Crippen LogP contribution in [-0.2, 0) is 13.0 Å². The van der Waals surface area contributed by atoms with E-state index in [1.54, 1.807) is 0 Å². The molecule has 0 bridgehead atoms. The first kappa shape index (κ1) is 9.61. The molecule has 0 heterocycles. The Kier molecular flexibility index (Phi) is 2.93. The first-order valence-corrected chi connectivity index (χ1v) is 4.16. The number of anilines is 2. The lowest BCUT2D eigenvalue weighted by Gasteiger charge is -2.09. The van der Waals surface area contributed by atoms with Crippen LogP contribution < -0.4 is 17.2 Å². The topological polar surface area (TPSA) is 78.1 Å². The molecule has 0 spiro atoms. The summed E-state index contributed by atoms with van der Waals surface area (Å²) >= 11 is 0. The number of allylic oxidation sites excluding steroid dienone is 1. The van der Waals surface area contributed by atoms with E-state index in [4.69, 9.17) is 17.2 Å². The van der Waals surface area contributed by atoms with Crippen LogP contribution in [0.2, 0.25) is 0 Å². The number of rotatable bonds is 3. The SMILES string of the molecule is C=CCc1cc(N)c(CN)c(N)c1. The van der Waals surface area contributed by atoms with E-state index in [0.29, 0.717) is 17.9 Å². The number of benzene rings is 1. The Labute approximate surface area is 78.2 Å². The van der Waals surface area contributed by atoms with E-state index in [1.807, 2.05) is 18.2 Å². The first-order valence-electron chi connectivity index (χ1n) is 4.16. The van der Waals surface area contributed by atoms with Gasteiger partial charge in [0, 0.05) is 23.5 Å². The van der Waals surface area contributed by atoms with Gasteiger partial charge >= 0.3 is 0 Å². The van der Waals surface area contributed by atoms with Gasteiger partial charge in [0.15, 0.2) is 0 Å². The lowest BCUT2D eigenvalue weighted by molar-refractivity contribution is 1.07. The number of nitrogens with two attached hydrogens (primary N) is 3. The van der Waals surface area contributed by atoms with E-state index in [2.05, 4.69) is 6.58 Å².